The van der Waals surface area contributed by atoms with Gasteiger partial charge in [0.25, 0.3) is 0 Å². The first-order chi connectivity index (χ1) is 8.66. The zero-order valence-corrected chi connectivity index (χ0v) is 11.0. The van der Waals surface area contributed by atoms with Crippen molar-refractivity contribution in [2.24, 2.45) is 0 Å². The molecule has 2 aromatic rings. The molecule has 2 aromatic heterocycles. The lowest BCUT2D eigenvalue weighted by molar-refractivity contribution is 0.710. The van der Waals surface area contributed by atoms with Gasteiger partial charge in [0.2, 0.25) is 0 Å². The van der Waals surface area contributed by atoms with Gasteiger partial charge in [-0.15, -0.1) is 0 Å². The van der Waals surface area contributed by atoms with Gasteiger partial charge in [-0.25, -0.2) is 9.97 Å². The molecule has 18 heavy (non-hydrogen) atoms. The van der Waals surface area contributed by atoms with E-state index in [1.165, 1.54) is 5.56 Å². The SMILES string of the molecule is CC(C)c1cnnc(CC(C)c2cncnc2)c1. The second-order valence-electron chi connectivity index (χ2n) is 4.91. The first kappa shape index (κ1) is 12.6. The molecule has 2 heterocycles. The predicted octanol–water partition coefficient (Wildman–Crippen LogP) is 2.74. The van der Waals surface area contributed by atoms with Crippen molar-refractivity contribution in [3.8, 4) is 0 Å². The van der Waals surface area contributed by atoms with Gasteiger partial charge in [0, 0.05) is 12.4 Å². The average molecular weight is 242 g/mol. The Balaban J connectivity index is 2.12. The monoisotopic (exact) mass is 242 g/mol. The molecule has 0 aliphatic carbocycles. The van der Waals surface area contributed by atoms with E-state index in [9.17, 15) is 0 Å². The molecule has 0 aromatic carbocycles. The number of hydrogen-bond acceptors (Lipinski definition) is 4. The van der Waals surface area contributed by atoms with Crippen LogP contribution in [-0.4, -0.2) is 20.2 Å². The Labute approximate surface area is 108 Å². The van der Waals surface area contributed by atoms with Gasteiger partial charge in [-0.3, -0.25) is 0 Å². The largest absolute Gasteiger partial charge is 0.245 e. The summed E-state index contributed by atoms with van der Waals surface area (Å²) in [5, 5.41) is 8.27. The minimum atomic E-state index is 0.350. The second-order valence-corrected chi connectivity index (χ2v) is 4.91. The van der Waals surface area contributed by atoms with Crippen molar-refractivity contribution in [2.75, 3.05) is 0 Å². The van der Waals surface area contributed by atoms with Gasteiger partial charge in [-0.2, -0.15) is 10.2 Å². The van der Waals surface area contributed by atoms with Crippen LogP contribution < -0.4 is 0 Å². The van der Waals surface area contributed by atoms with Crippen molar-refractivity contribution in [3.63, 3.8) is 0 Å². The Morgan fingerprint density at radius 2 is 1.72 bits per heavy atom. The number of aromatic nitrogens is 4. The summed E-state index contributed by atoms with van der Waals surface area (Å²) in [7, 11) is 0. The lowest BCUT2D eigenvalue weighted by Crippen LogP contribution is -2.04. The zero-order valence-electron chi connectivity index (χ0n) is 11.0. The van der Waals surface area contributed by atoms with E-state index < -0.39 is 0 Å². The van der Waals surface area contributed by atoms with E-state index in [1.807, 2.05) is 18.6 Å². The van der Waals surface area contributed by atoms with Crippen LogP contribution in [0.15, 0.2) is 31.0 Å². The third kappa shape index (κ3) is 3.09. The minimum Gasteiger partial charge on any atom is -0.245 e. The van der Waals surface area contributed by atoms with E-state index in [-0.39, 0.29) is 0 Å². The van der Waals surface area contributed by atoms with Gasteiger partial charge in [-0.05, 0) is 35.4 Å². The molecular weight excluding hydrogens is 224 g/mol. The van der Waals surface area contributed by atoms with Crippen LogP contribution in [0.25, 0.3) is 0 Å². The van der Waals surface area contributed by atoms with Crippen molar-refractivity contribution < 1.29 is 0 Å². The van der Waals surface area contributed by atoms with E-state index in [0.29, 0.717) is 11.8 Å². The fourth-order valence-corrected chi connectivity index (χ4v) is 1.84. The maximum atomic E-state index is 4.20. The number of hydrogen-bond donors (Lipinski definition) is 0. The summed E-state index contributed by atoms with van der Waals surface area (Å²) < 4.78 is 0. The van der Waals surface area contributed by atoms with E-state index in [4.69, 9.17) is 0 Å². The van der Waals surface area contributed by atoms with Crippen LogP contribution in [0, 0.1) is 0 Å². The Bertz CT molecular complexity index is 496. The smallest absolute Gasteiger partial charge is 0.115 e. The highest BCUT2D eigenvalue weighted by Crippen LogP contribution is 2.19. The summed E-state index contributed by atoms with van der Waals surface area (Å²) in [6, 6.07) is 2.14. The summed E-state index contributed by atoms with van der Waals surface area (Å²) in [5.74, 6) is 0.831. The summed E-state index contributed by atoms with van der Waals surface area (Å²) in [6.07, 6.45) is 7.97. The number of nitrogens with zero attached hydrogens (tertiary/aromatic N) is 4. The van der Waals surface area contributed by atoms with Crippen molar-refractivity contribution in [1.82, 2.24) is 20.2 Å². The summed E-state index contributed by atoms with van der Waals surface area (Å²) in [5.41, 5.74) is 3.39. The Hall–Kier alpha value is -1.84. The summed E-state index contributed by atoms with van der Waals surface area (Å²) in [4.78, 5) is 8.09. The third-order valence-electron chi connectivity index (χ3n) is 3.06. The average Bonchev–Trinajstić information content (AvgIpc) is 2.40. The molecule has 0 spiro atoms. The maximum Gasteiger partial charge on any atom is 0.115 e. The number of rotatable bonds is 4. The Morgan fingerprint density at radius 3 is 2.39 bits per heavy atom. The highest BCUT2D eigenvalue weighted by Gasteiger charge is 2.10. The summed E-state index contributed by atoms with van der Waals surface area (Å²) >= 11 is 0. The molecule has 4 nitrogen and oxygen atoms in total. The van der Waals surface area contributed by atoms with Gasteiger partial charge >= 0.3 is 0 Å². The molecule has 2 rings (SSSR count). The fourth-order valence-electron chi connectivity index (χ4n) is 1.84. The van der Waals surface area contributed by atoms with E-state index in [0.717, 1.165) is 17.7 Å². The van der Waals surface area contributed by atoms with Crippen LogP contribution in [0.5, 0.6) is 0 Å². The van der Waals surface area contributed by atoms with Crippen LogP contribution in [-0.2, 0) is 6.42 Å². The topological polar surface area (TPSA) is 51.6 Å². The second kappa shape index (κ2) is 5.67. The van der Waals surface area contributed by atoms with E-state index in [1.54, 1.807) is 6.33 Å². The molecule has 0 bridgehead atoms. The Kier molecular flexibility index (Phi) is 3.97. The molecule has 0 saturated carbocycles. The first-order valence-corrected chi connectivity index (χ1v) is 6.23. The zero-order chi connectivity index (χ0) is 13.0. The molecule has 0 fully saturated rings. The normalized spacial score (nSPS) is 12.7. The molecule has 1 unspecified atom stereocenters. The van der Waals surface area contributed by atoms with Gasteiger partial charge < -0.3 is 0 Å². The molecule has 4 heteroatoms. The first-order valence-electron chi connectivity index (χ1n) is 6.23. The molecule has 0 N–H and O–H groups in total. The molecule has 0 aliphatic heterocycles. The standard InChI is InChI=1S/C14H18N4/c1-10(2)12-5-14(18-17-8-12)4-11(3)13-6-15-9-16-7-13/h5-11H,4H2,1-3H3. The van der Waals surface area contributed by atoms with Crippen LogP contribution in [0.4, 0.5) is 0 Å². The highest BCUT2D eigenvalue weighted by molar-refractivity contribution is 5.19. The van der Waals surface area contributed by atoms with Gasteiger partial charge in [0.15, 0.2) is 0 Å². The lowest BCUT2D eigenvalue weighted by atomic mass is 9.97. The summed E-state index contributed by atoms with van der Waals surface area (Å²) in [6.45, 7) is 6.48. The van der Waals surface area contributed by atoms with Crippen molar-refractivity contribution in [3.05, 3.63) is 47.8 Å². The molecule has 0 amide bonds. The van der Waals surface area contributed by atoms with Crippen molar-refractivity contribution in [1.29, 1.82) is 0 Å². The Morgan fingerprint density at radius 1 is 1.00 bits per heavy atom. The highest BCUT2D eigenvalue weighted by atomic mass is 15.1. The van der Waals surface area contributed by atoms with E-state index >= 15 is 0 Å². The molecule has 1 atom stereocenters. The lowest BCUT2D eigenvalue weighted by Gasteiger charge is -2.11. The minimum absolute atomic E-state index is 0.350. The van der Waals surface area contributed by atoms with Crippen LogP contribution in [0.1, 0.15) is 49.4 Å². The van der Waals surface area contributed by atoms with Crippen LogP contribution >= 0.6 is 0 Å². The molecule has 0 radical (unpaired) electrons. The molecule has 0 aliphatic rings. The van der Waals surface area contributed by atoms with E-state index in [2.05, 4.69) is 47.0 Å². The van der Waals surface area contributed by atoms with Crippen LogP contribution in [0.2, 0.25) is 0 Å². The van der Waals surface area contributed by atoms with Gasteiger partial charge in [0.1, 0.15) is 6.33 Å². The van der Waals surface area contributed by atoms with Crippen molar-refractivity contribution >= 4 is 0 Å². The quantitative estimate of drug-likeness (QED) is 0.827. The molecule has 0 saturated heterocycles. The van der Waals surface area contributed by atoms with Gasteiger partial charge in [0.05, 0.1) is 11.9 Å². The van der Waals surface area contributed by atoms with Crippen LogP contribution in [0.3, 0.4) is 0 Å². The molecular formula is C14H18N4. The predicted molar refractivity (Wildman–Crippen MR) is 70.3 cm³/mol. The third-order valence-corrected chi connectivity index (χ3v) is 3.06. The molecule has 94 valence electrons. The van der Waals surface area contributed by atoms with Crippen molar-refractivity contribution in [2.45, 2.75) is 39.0 Å². The maximum absolute atomic E-state index is 4.20. The van der Waals surface area contributed by atoms with Gasteiger partial charge in [-0.1, -0.05) is 20.8 Å². The fraction of sp³-hybridized carbons (Fsp3) is 0.429.